The van der Waals surface area contributed by atoms with Gasteiger partial charge in [0.2, 0.25) is 0 Å². The minimum absolute atomic E-state index is 0.529. The highest BCUT2D eigenvalue weighted by molar-refractivity contribution is 7.09. The van der Waals surface area contributed by atoms with Gasteiger partial charge in [0.25, 0.3) is 0 Å². The molecule has 1 unspecified atom stereocenters. The molecule has 2 heterocycles. The van der Waals surface area contributed by atoms with Crippen molar-refractivity contribution >= 4 is 11.3 Å². The fraction of sp³-hybridized carbons (Fsp3) is 0.400. The summed E-state index contributed by atoms with van der Waals surface area (Å²) in [5.74, 6) is 0. The van der Waals surface area contributed by atoms with Crippen molar-refractivity contribution in [2.45, 2.75) is 19.4 Å². The summed E-state index contributed by atoms with van der Waals surface area (Å²) in [5.41, 5.74) is 1.62. The fourth-order valence-corrected chi connectivity index (χ4v) is 2.04. The van der Waals surface area contributed by atoms with Crippen molar-refractivity contribution < 1.29 is 5.11 Å². The normalized spacial score (nSPS) is 13.0. The van der Waals surface area contributed by atoms with Crippen LogP contribution in [0.4, 0.5) is 0 Å². The van der Waals surface area contributed by atoms with Gasteiger partial charge in [-0.1, -0.05) is 0 Å². The van der Waals surface area contributed by atoms with Crippen molar-refractivity contribution in [3.05, 3.63) is 34.0 Å². The molecule has 0 amide bonds. The van der Waals surface area contributed by atoms with E-state index in [1.165, 1.54) is 0 Å². The lowest BCUT2D eigenvalue weighted by atomic mass is 10.1. The lowest BCUT2D eigenvalue weighted by Crippen LogP contribution is -2.03. The van der Waals surface area contributed by atoms with Gasteiger partial charge in [0.05, 0.1) is 16.4 Å². The maximum atomic E-state index is 9.89. The maximum Gasteiger partial charge on any atom is 0.103 e. The van der Waals surface area contributed by atoms with Crippen molar-refractivity contribution in [1.82, 2.24) is 14.8 Å². The molecule has 2 aromatic rings. The van der Waals surface area contributed by atoms with Crippen LogP contribution in [0.2, 0.25) is 0 Å². The highest BCUT2D eigenvalue weighted by Gasteiger charge is 2.12. The highest BCUT2D eigenvalue weighted by Crippen LogP contribution is 2.17. The zero-order valence-corrected chi connectivity index (χ0v) is 9.53. The van der Waals surface area contributed by atoms with Gasteiger partial charge in [-0.2, -0.15) is 5.10 Å². The van der Waals surface area contributed by atoms with Crippen LogP contribution >= 0.6 is 11.3 Å². The molecule has 0 aliphatic rings. The number of rotatable bonds is 3. The number of hydrogen-bond donors (Lipinski definition) is 1. The molecule has 2 aromatic heterocycles. The number of hydrogen-bond acceptors (Lipinski definition) is 4. The van der Waals surface area contributed by atoms with Gasteiger partial charge in [0.15, 0.2) is 0 Å². The molecule has 80 valence electrons. The van der Waals surface area contributed by atoms with E-state index in [-0.39, 0.29) is 0 Å². The Morgan fingerprint density at radius 1 is 1.60 bits per heavy atom. The van der Waals surface area contributed by atoms with Crippen molar-refractivity contribution in [2.24, 2.45) is 7.05 Å². The first-order valence-corrected chi connectivity index (χ1v) is 5.62. The second-order valence-electron chi connectivity index (χ2n) is 3.49. The van der Waals surface area contributed by atoms with Crippen LogP contribution < -0.4 is 0 Å². The maximum absolute atomic E-state index is 9.89. The summed E-state index contributed by atoms with van der Waals surface area (Å²) in [4.78, 5) is 4.31. The third-order valence-corrected chi connectivity index (χ3v) is 2.97. The van der Waals surface area contributed by atoms with Crippen molar-refractivity contribution in [3.8, 4) is 0 Å². The minimum Gasteiger partial charge on any atom is -0.386 e. The molecule has 0 fully saturated rings. The predicted octanol–water partition coefficient (Wildman–Crippen LogP) is 1.46. The van der Waals surface area contributed by atoms with E-state index in [9.17, 15) is 5.11 Å². The lowest BCUT2D eigenvalue weighted by Gasteiger charge is -2.04. The van der Waals surface area contributed by atoms with Crippen molar-refractivity contribution in [1.29, 1.82) is 0 Å². The Kier molecular flexibility index (Phi) is 2.83. The quantitative estimate of drug-likeness (QED) is 0.857. The van der Waals surface area contributed by atoms with E-state index in [0.717, 1.165) is 10.7 Å². The van der Waals surface area contributed by atoms with Gasteiger partial charge < -0.3 is 5.11 Å². The molecule has 0 radical (unpaired) electrons. The minimum atomic E-state index is -0.562. The van der Waals surface area contributed by atoms with Gasteiger partial charge in [0, 0.05) is 25.0 Å². The van der Waals surface area contributed by atoms with Gasteiger partial charge in [-0.25, -0.2) is 4.98 Å². The Hall–Kier alpha value is -1.20. The van der Waals surface area contributed by atoms with Crippen LogP contribution in [0.15, 0.2) is 17.6 Å². The van der Waals surface area contributed by atoms with Gasteiger partial charge >= 0.3 is 0 Å². The molecule has 5 heteroatoms. The van der Waals surface area contributed by atoms with E-state index in [2.05, 4.69) is 10.1 Å². The van der Waals surface area contributed by atoms with Crippen LogP contribution in [0.3, 0.4) is 0 Å². The van der Waals surface area contributed by atoms with Crippen LogP contribution in [0, 0.1) is 6.92 Å². The predicted molar refractivity (Wildman–Crippen MR) is 58.7 cm³/mol. The lowest BCUT2D eigenvalue weighted by molar-refractivity contribution is 0.171. The smallest absolute Gasteiger partial charge is 0.103 e. The second-order valence-corrected chi connectivity index (χ2v) is 4.55. The average Bonchev–Trinajstić information content (AvgIpc) is 2.75. The molecule has 2 rings (SSSR count). The zero-order valence-electron chi connectivity index (χ0n) is 8.71. The summed E-state index contributed by atoms with van der Waals surface area (Å²) < 4.78 is 1.69. The van der Waals surface area contributed by atoms with Crippen LogP contribution in [0.1, 0.15) is 22.5 Å². The summed E-state index contributed by atoms with van der Waals surface area (Å²) in [6, 6.07) is 1.82. The largest absolute Gasteiger partial charge is 0.386 e. The van der Waals surface area contributed by atoms with E-state index in [1.807, 2.05) is 31.6 Å². The molecule has 4 nitrogen and oxygen atoms in total. The summed E-state index contributed by atoms with van der Waals surface area (Å²) in [5, 5.41) is 17.0. The van der Waals surface area contributed by atoms with Crippen LogP contribution in [0.5, 0.6) is 0 Å². The number of thiazole rings is 1. The summed E-state index contributed by atoms with van der Waals surface area (Å²) in [6.45, 7) is 1.96. The topological polar surface area (TPSA) is 50.9 Å². The first-order valence-electron chi connectivity index (χ1n) is 4.74. The molecule has 0 spiro atoms. The van der Waals surface area contributed by atoms with Gasteiger partial charge in [0.1, 0.15) is 6.10 Å². The zero-order chi connectivity index (χ0) is 10.8. The fourth-order valence-electron chi connectivity index (χ4n) is 1.42. The monoisotopic (exact) mass is 223 g/mol. The molecular formula is C10H13N3OS. The number of aryl methyl sites for hydroxylation is 2. The summed E-state index contributed by atoms with van der Waals surface area (Å²) in [6.07, 6.45) is 1.79. The van der Waals surface area contributed by atoms with E-state index in [0.29, 0.717) is 12.1 Å². The Balaban J connectivity index is 2.06. The number of aliphatic hydroxyl groups excluding tert-OH is 1. The Morgan fingerprint density at radius 2 is 2.40 bits per heavy atom. The molecule has 0 aromatic carbocycles. The summed E-state index contributed by atoms with van der Waals surface area (Å²) >= 11 is 1.60. The Morgan fingerprint density at radius 3 is 2.93 bits per heavy atom. The van der Waals surface area contributed by atoms with Gasteiger partial charge in [-0.05, 0) is 13.0 Å². The van der Waals surface area contributed by atoms with Gasteiger partial charge in [-0.15, -0.1) is 11.3 Å². The molecule has 0 saturated carbocycles. The third kappa shape index (κ3) is 2.43. The standard InChI is InChI=1S/C10H13N3OS/c1-7-11-8(6-15-7)5-10(14)9-3-4-13(2)12-9/h3-4,6,10,14H,5H2,1-2H3. The van der Waals surface area contributed by atoms with E-state index >= 15 is 0 Å². The van der Waals surface area contributed by atoms with Crippen molar-refractivity contribution in [3.63, 3.8) is 0 Å². The first kappa shape index (κ1) is 10.3. The SMILES string of the molecule is Cc1nc(CC(O)c2ccn(C)n2)cs1. The third-order valence-electron chi connectivity index (χ3n) is 2.14. The number of aromatic nitrogens is 3. The number of nitrogens with zero attached hydrogens (tertiary/aromatic N) is 3. The average molecular weight is 223 g/mol. The van der Waals surface area contributed by atoms with Crippen molar-refractivity contribution in [2.75, 3.05) is 0 Å². The van der Waals surface area contributed by atoms with Crippen LogP contribution in [-0.4, -0.2) is 19.9 Å². The first-order chi connectivity index (χ1) is 7.15. The van der Waals surface area contributed by atoms with E-state index < -0.39 is 6.10 Å². The Labute approximate surface area is 92.2 Å². The van der Waals surface area contributed by atoms with E-state index in [1.54, 1.807) is 16.0 Å². The number of aliphatic hydroxyl groups is 1. The van der Waals surface area contributed by atoms with E-state index in [4.69, 9.17) is 0 Å². The molecule has 0 aliphatic carbocycles. The summed E-state index contributed by atoms with van der Waals surface area (Å²) in [7, 11) is 1.84. The van der Waals surface area contributed by atoms with Gasteiger partial charge in [-0.3, -0.25) is 4.68 Å². The molecule has 1 N–H and O–H groups in total. The van der Waals surface area contributed by atoms with Crippen LogP contribution in [-0.2, 0) is 13.5 Å². The van der Waals surface area contributed by atoms with Crippen LogP contribution in [0.25, 0.3) is 0 Å². The molecule has 15 heavy (non-hydrogen) atoms. The molecule has 1 atom stereocenters. The molecule has 0 aliphatic heterocycles. The molecule has 0 bridgehead atoms. The molecular weight excluding hydrogens is 210 g/mol. The highest BCUT2D eigenvalue weighted by atomic mass is 32.1. The Bertz CT molecular complexity index is 449. The second kappa shape index (κ2) is 4.12. The molecule has 0 saturated heterocycles.